The highest BCUT2D eigenvalue weighted by Gasteiger charge is 2.32. The molecule has 1 saturated carbocycles. The number of hydrogen-bond donors (Lipinski definition) is 3. The lowest BCUT2D eigenvalue weighted by Gasteiger charge is -2.23. The van der Waals surface area contributed by atoms with Crippen LogP contribution in [0, 0.1) is 11.8 Å². The molecule has 19 heavy (non-hydrogen) atoms. The van der Waals surface area contributed by atoms with Gasteiger partial charge in [-0.3, -0.25) is 4.79 Å². The highest BCUT2D eigenvalue weighted by atomic mass is 16.4. The summed E-state index contributed by atoms with van der Waals surface area (Å²) in [7, 11) is 0. The van der Waals surface area contributed by atoms with Gasteiger partial charge >= 0.3 is 0 Å². The SMILES string of the molecule is CCCCC(CC)C(=O)NC1CCCC1C(N)=NO. The predicted molar refractivity (Wildman–Crippen MR) is 76.0 cm³/mol. The molecule has 1 aliphatic carbocycles. The van der Waals surface area contributed by atoms with Gasteiger partial charge in [-0.25, -0.2) is 0 Å². The Morgan fingerprint density at radius 3 is 2.79 bits per heavy atom. The molecular weight excluding hydrogens is 242 g/mol. The van der Waals surface area contributed by atoms with Gasteiger partial charge in [0.15, 0.2) is 0 Å². The van der Waals surface area contributed by atoms with Crippen molar-refractivity contribution in [3.05, 3.63) is 0 Å². The van der Waals surface area contributed by atoms with E-state index in [9.17, 15) is 4.79 Å². The van der Waals surface area contributed by atoms with E-state index in [4.69, 9.17) is 10.9 Å². The summed E-state index contributed by atoms with van der Waals surface area (Å²) in [4.78, 5) is 12.2. The third-order valence-corrected chi connectivity index (χ3v) is 4.11. The summed E-state index contributed by atoms with van der Waals surface area (Å²) in [6.07, 6.45) is 6.81. The average Bonchev–Trinajstić information content (AvgIpc) is 2.86. The zero-order valence-corrected chi connectivity index (χ0v) is 12.1. The smallest absolute Gasteiger partial charge is 0.223 e. The zero-order chi connectivity index (χ0) is 14.3. The number of carbonyl (C=O) groups is 1. The molecule has 0 radical (unpaired) electrons. The molecule has 5 heteroatoms. The molecule has 0 aromatic rings. The topological polar surface area (TPSA) is 87.7 Å². The highest BCUT2D eigenvalue weighted by molar-refractivity contribution is 5.85. The van der Waals surface area contributed by atoms with Crippen molar-refractivity contribution in [2.45, 2.75) is 64.8 Å². The Balaban J connectivity index is 2.54. The van der Waals surface area contributed by atoms with Gasteiger partial charge in [0, 0.05) is 17.9 Å². The van der Waals surface area contributed by atoms with Crippen LogP contribution in [0.3, 0.4) is 0 Å². The first-order valence-corrected chi connectivity index (χ1v) is 7.41. The molecule has 0 spiro atoms. The van der Waals surface area contributed by atoms with Gasteiger partial charge in [-0.05, 0) is 25.7 Å². The van der Waals surface area contributed by atoms with Gasteiger partial charge in [-0.1, -0.05) is 38.3 Å². The van der Waals surface area contributed by atoms with E-state index in [0.717, 1.165) is 44.9 Å². The summed E-state index contributed by atoms with van der Waals surface area (Å²) in [5.41, 5.74) is 5.68. The number of nitrogens with one attached hydrogen (secondary N) is 1. The van der Waals surface area contributed by atoms with E-state index >= 15 is 0 Å². The Morgan fingerprint density at radius 1 is 1.47 bits per heavy atom. The number of nitrogens with two attached hydrogens (primary N) is 1. The van der Waals surface area contributed by atoms with E-state index < -0.39 is 0 Å². The monoisotopic (exact) mass is 269 g/mol. The van der Waals surface area contributed by atoms with Gasteiger partial charge < -0.3 is 16.3 Å². The van der Waals surface area contributed by atoms with Crippen molar-refractivity contribution in [1.29, 1.82) is 0 Å². The lowest BCUT2D eigenvalue weighted by molar-refractivity contribution is -0.126. The van der Waals surface area contributed by atoms with E-state index in [-0.39, 0.29) is 29.6 Å². The molecule has 0 saturated heterocycles. The average molecular weight is 269 g/mol. The molecule has 1 aliphatic rings. The van der Waals surface area contributed by atoms with Crippen molar-refractivity contribution in [3.8, 4) is 0 Å². The molecule has 4 N–H and O–H groups in total. The number of carbonyl (C=O) groups excluding carboxylic acids is 1. The second-order valence-corrected chi connectivity index (χ2v) is 5.42. The Labute approximate surface area is 115 Å². The highest BCUT2D eigenvalue weighted by Crippen LogP contribution is 2.26. The molecule has 3 atom stereocenters. The van der Waals surface area contributed by atoms with Crippen LogP contribution in [0.4, 0.5) is 0 Å². The van der Waals surface area contributed by atoms with Crippen LogP contribution < -0.4 is 11.1 Å². The van der Waals surface area contributed by atoms with Crippen molar-refractivity contribution in [1.82, 2.24) is 5.32 Å². The quantitative estimate of drug-likeness (QED) is 0.286. The maximum Gasteiger partial charge on any atom is 0.223 e. The fourth-order valence-corrected chi connectivity index (χ4v) is 2.83. The van der Waals surface area contributed by atoms with Crippen LogP contribution in [-0.2, 0) is 4.79 Å². The minimum atomic E-state index is -0.0161. The predicted octanol–water partition coefficient (Wildman–Crippen LogP) is 2.23. The molecule has 0 heterocycles. The largest absolute Gasteiger partial charge is 0.409 e. The van der Waals surface area contributed by atoms with Crippen LogP contribution in [0.15, 0.2) is 5.16 Å². The Kier molecular flexibility index (Phi) is 6.67. The van der Waals surface area contributed by atoms with Crippen molar-refractivity contribution in [3.63, 3.8) is 0 Å². The van der Waals surface area contributed by atoms with Gasteiger partial charge in [0.05, 0.1) is 0 Å². The van der Waals surface area contributed by atoms with Crippen LogP contribution in [0.5, 0.6) is 0 Å². The first kappa shape index (κ1) is 15.8. The van der Waals surface area contributed by atoms with E-state index in [1.54, 1.807) is 0 Å². The van der Waals surface area contributed by atoms with Gasteiger partial charge in [0.25, 0.3) is 0 Å². The lowest BCUT2D eigenvalue weighted by atomic mass is 9.96. The first-order chi connectivity index (χ1) is 9.13. The molecule has 0 aliphatic heterocycles. The standard InChI is InChI=1S/C14H27N3O2/c1-3-5-7-10(4-2)14(18)16-12-9-6-8-11(12)13(15)17-19/h10-12,19H,3-9H2,1-2H3,(H2,15,17)(H,16,18). The van der Waals surface area contributed by atoms with Gasteiger partial charge in [-0.2, -0.15) is 0 Å². The molecule has 1 amide bonds. The van der Waals surface area contributed by atoms with Crippen LogP contribution in [0.1, 0.15) is 58.8 Å². The third kappa shape index (κ3) is 4.40. The minimum absolute atomic E-state index is 0.0161. The number of hydrogen-bond acceptors (Lipinski definition) is 3. The Bertz CT molecular complexity index is 318. The summed E-state index contributed by atoms with van der Waals surface area (Å²) in [5.74, 6) is 0.439. The molecule has 110 valence electrons. The van der Waals surface area contributed by atoms with Gasteiger partial charge in [0.1, 0.15) is 5.84 Å². The van der Waals surface area contributed by atoms with Crippen molar-refractivity contribution < 1.29 is 10.0 Å². The van der Waals surface area contributed by atoms with E-state index in [2.05, 4.69) is 24.3 Å². The number of oxime groups is 1. The fraction of sp³-hybridized carbons (Fsp3) is 0.857. The first-order valence-electron chi connectivity index (χ1n) is 7.41. The van der Waals surface area contributed by atoms with Crippen molar-refractivity contribution in [2.75, 3.05) is 0 Å². The molecule has 0 aromatic heterocycles. The van der Waals surface area contributed by atoms with Crippen LogP contribution in [0.25, 0.3) is 0 Å². The fourth-order valence-electron chi connectivity index (χ4n) is 2.83. The summed E-state index contributed by atoms with van der Waals surface area (Å²) >= 11 is 0. The second-order valence-electron chi connectivity index (χ2n) is 5.42. The van der Waals surface area contributed by atoms with Crippen LogP contribution in [-0.4, -0.2) is 23.0 Å². The number of amides is 1. The van der Waals surface area contributed by atoms with E-state index in [1.807, 2.05) is 0 Å². The number of rotatable bonds is 7. The van der Waals surface area contributed by atoms with E-state index in [1.165, 1.54) is 0 Å². The number of nitrogens with zero attached hydrogens (tertiary/aromatic N) is 1. The van der Waals surface area contributed by atoms with Crippen LogP contribution >= 0.6 is 0 Å². The summed E-state index contributed by atoms with van der Waals surface area (Å²) in [6.45, 7) is 4.19. The summed E-state index contributed by atoms with van der Waals surface area (Å²) < 4.78 is 0. The molecule has 3 unspecified atom stereocenters. The molecular formula is C14H27N3O2. The molecule has 5 nitrogen and oxygen atoms in total. The normalized spacial score (nSPS) is 25.3. The third-order valence-electron chi connectivity index (χ3n) is 4.11. The molecule has 0 bridgehead atoms. The Morgan fingerprint density at radius 2 is 2.21 bits per heavy atom. The lowest BCUT2D eigenvalue weighted by Crippen LogP contribution is -2.44. The van der Waals surface area contributed by atoms with Gasteiger partial charge in [-0.15, -0.1) is 0 Å². The minimum Gasteiger partial charge on any atom is -0.409 e. The van der Waals surface area contributed by atoms with E-state index in [0.29, 0.717) is 0 Å². The van der Waals surface area contributed by atoms with Crippen molar-refractivity contribution >= 4 is 11.7 Å². The van der Waals surface area contributed by atoms with Crippen LogP contribution in [0.2, 0.25) is 0 Å². The zero-order valence-electron chi connectivity index (χ0n) is 12.1. The maximum absolute atomic E-state index is 12.2. The second kappa shape index (κ2) is 8.02. The number of unbranched alkanes of at least 4 members (excludes halogenated alkanes) is 1. The molecule has 0 aromatic carbocycles. The maximum atomic E-state index is 12.2. The van der Waals surface area contributed by atoms with Gasteiger partial charge in [0.2, 0.25) is 5.91 Å². The summed E-state index contributed by atoms with van der Waals surface area (Å²) in [6, 6.07) is 0.0269. The summed E-state index contributed by atoms with van der Waals surface area (Å²) in [5, 5.41) is 14.9. The molecule has 1 rings (SSSR count). The molecule has 1 fully saturated rings. The van der Waals surface area contributed by atoms with Crippen molar-refractivity contribution in [2.24, 2.45) is 22.7 Å². The number of amidine groups is 1. The Hall–Kier alpha value is -1.26.